The Hall–Kier alpha value is -4.98. The van der Waals surface area contributed by atoms with Crippen LogP contribution in [0.1, 0.15) is 57.0 Å². The van der Waals surface area contributed by atoms with Crippen molar-refractivity contribution in [1.82, 2.24) is 15.1 Å². The van der Waals surface area contributed by atoms with E-state index in [9.17, 15) is 31.9 Å². The van der Waals surface area contributed by atoms with Crippen LogP contribution in [0.5, 0.6) is 0 Å². The van der Waals surface area contributed by atoms with Crippen LogP contribution < -0.4 is 5.32 Å². The Morgan fingerprint density at radius 3 is 1.96 bits per heavy atom. The molecule has 286 valence electrons. The predicted octanol–water partition coefficient (Wildman–Crippen LogP) is 7.83. The number of carbonyl (C=O) groups excluding carboxylic acids is 1. The summed E-state index contributed by atoms with van der Waals surface area (Å²) >= 11 is 0. The Morgan fingerprint density at radius 1 is 0.655 bits per heavy atom. The van der Waals surface area contributed by atoms with Gasteiger partial charge in [-0.3, -0.25) is 14.6 Å². The number of aliphatic hydroxyl groups excluding tert-OH is 1. The number of piperazine rings is 1. The van der Waals surface area contributed by atoms with Crippen molar-refractivity contribution in [3.63, 3.8) is 0 Å². The van der Waals surface area contributed by atoms with Crippen LogP contribution in [0.15, 0.2) is 103 Å². The maximum absolute atomic E-state index is 14.2. The zero-order valence-corrected chi connectivity index (χ0v) is 29.9. The molecule has 0 aromatic heterocycles. The number of carbonyl (C=O) groups is 1. The van der Waals surface area contributed by atoms with Gasteiger partial charge in [-0.15, -0.1) is 0 Å². The smallest absolute Gasteiger partial charge is 0.257 e. The molecule has 0 unspecified atom stereocenters. The molecule has 2 N–H and O–H groups in total. The highest BCUT2D eigenvalue weighted by Crippen LogP contribution is 2.39. The van der Waals surface area contributed by atoms with Crippen molar-refractivity contribution in [3.05, 3.63) is 166 Å². The summed E-state index contributed by atoms with van der Waals surface area (Å²) in [7, 11) is 0. The molecule has 7 nitrogen and oxygen atoms in total. The molecule has 5 aromatic carbocycles. The number of hydrogen-bond donors (Lipinski definition) is 2. The zero-order chi connectivity index (χ0) is 38.5. The summed E-state index contributed by atoms with van der Waals surface area (Å²) in [5.74, 6) is -12.5. The number of rotatable bonds is 11. The molecule has 0 bridgehead atoms. The van der Waals surface area contributed by atoms with Crippen LogP contribution in [0.3, 0.4) is 0 Å². The molecule has 55 heavy (non-hydrogen) atoms. The van der Waals surface area contributed by atoms with Crippen LogP contribution in [-0.2, 0) is 29.2 Å². The van der Waals surface area contributed by atoms with E-state index in [0.29, 0.717) is 12.0 Å². The number of nitrogens with one attached hydrogen (secondary N) is 1. The van der Waals surface area contributed by atoms with Gasteiger partial charge in [0.25, 0.3) is 5.91 Å². The van der Waals surface area contributed by atoms with E-state index in [1.54, 1.807) is 18.2 Å². The first kappa shape index (κ1) is 38.3. The quantitative estimate of drug-likeness (QED) is 0.0814. The van der Waals surface area contributed by atoms with Crippen LogP contribution in [0, 0.1) is 29.1 Å². The lowest BCUT2D eigenvalue weighted by molar-refractivity contribution is -0.253. The van der Waals surface area contributed by atoms with Crippen LogP contribution in [0.2, 0.25) is 0 Å². The van der Waals surface area contributed by atoms with Crippen molar-refractivity contribution in [2.75, 3.05) is 32.7 Å². The third-order valence-electron chi connectivity index (χ3n) is 10.1. The molecule has 0 radical (unpaired) electrons. The molecule has 7 rings (SSSR count). The molecule has 0 aliphatic carbocycles. The number of halogens is 5. The van der Waals surface area contributed by atoms with Crippen molar-refractivity contribution in [1.29, 1.82) is 0 Å². The van der Waals surface area contributed by atoms with Gasteiger partial charge in [0.05, 0.1) is 18.8 Å². The molecule has 1 amide bonds. The summed E-state index contributed by atoms with van der Waals surface area (Å²) in [5.41, 5.74) is 4.42. The third kappa shape index (κ3) is 8.95. The number of aliphatic hydroxyl groups is 1. The Morgan fingerprint density at radius 2 is 1.27 bits per heavy atom. The fourth-order valence-corrected chi connectivity index (χ4v) is 7.09. The predicted molar refractivity (Wildman–Crippen MR) is 196 cm³/mol. The van der Waals surface area contributed by atoms with E-state index in [1.807, 2.05) is 60.7 Å². The Labute approximate surface area is 315 Å². The van der Waals surface area contributed by atoms with Gasteiger partial charge < -0.3 is 19.9 Å². The van der Waals surface area contributed by atoms with Crippen molar-refractivity contribution in [2.45, 2.75) is 44.6 Å². The summed E-state index contributed by atoms with van der Waals surface area (Å²) in [6, 6.07) is 32.9. The van der Waals surface area contributed by atoms with Gasteiger partial charge in [-0.05, 0) is 45.5 Å². The average Bonchev–Trinajstić information content (AvgIpc) is 3.22. The Kier molecular flexibility index (Phi) is 12.0. The van der Waals surface area contributed by atoms with Gasteiger partial charge in [-0.2, -0.15) is 0 Å². The monoisotopic (exact) mass is 757 g/mol. The maximum Gasteiger partial charge on any atom is 0.257 e. The highest BCUT2D eigenvalue weighted by Gasteiger charge is 2.34. The lowest BCUT2D eigenvalue weighted by atomic mass is 9.98. The summed E-state index contributed by atoms with van der Waals surface area (Å²) in [6.45, 7) is 5.11. The SMILES string of the molecule is O=C(NCc1cccc(-c2cccc([C@H]3O[C@@H](CN4CCN(Cc5ccccc5)CC4)C[C@@H](c4ccc(CO)cc4)O3)c2)c1)c1c(F)c(F)c(F)c(F)c1F. The highest BCUT2D eigenvalue weighted by molar-refractivity contribution is 5.94. The van der Waals surface area contributed by atoms with E-state index in [-0.39, 0.29) is 25.4 Å². The van der Waals surface area contributed by atoms with E-state index in [1.165, 1.54) is 5.56 Å². The van der Waals surface area contributed by atoms with E-state index >= 15 is 0 Å². The molecule has 2 fully saturated rings. The lowest BCUT2D eigenvalue weighted by Gasteiger charge is -2.41. The van der Waals surface area contributed by atoms with Gasteiger partial charge in [0.15, 0.2) is 29.6 Å². The number of ether oxygens (including phenoxy) is 2. The Balaban J connectivity index is 1.05. The van der Waals surface area contributed by atoms with Crippen molar-refractivity contribution in [3.8, 4) is 11.1 Å². The van der Waals surface area contributed by atoms with Crippen molar-refractivity contribution in [2.24, 2.45) is 0 Å². The van der Waals surface area contributed by atoms with Gasteiger partial charge >= 0.3 is 0 Å². The topological polar surface area (TPSA) is 74.3 Å². The minimum absolute atomic E-state index is 0.0535. The van der Waals surface area contributed by atoms with Gasteiger partial charge in [-0.1, -0.05) is 91.0 Å². The molecule has 12 heteroatoms. The van der Waals surface area contributed by atoms with Crippen molar-refractivity contribution < 1.29 is 41.3 Å². The van der Waals surface area contributed by atoms with Gasteiger partial charge in [0, 0.05) is 57.8 Å². The summed E-state index contributed by atoms with van der Waals surface area (Å²) in [5, 5.41) is 11.9. The van der Waals surface area contributed by atoms with E-state index in [2.05, 4.69) is 39.4 Å². The Bertz CT molecular complexity index is 2080. The lowest BCUT2D eigenvalue weighted by Crippen LogP contribution is -2.49. The van der Waals surface area contributed by atoms with Gasteiger partial charge in [0.2, 0.25) is 5.82 Å². The zero-order valence-electron chi connectivity index (χ0n) is 29.9. The first-order chi connectivity index (χ1) is 26.7. The average molecular weight is 758 g/mol. The van der Waals surface area contributed by atoms with Crippen LogP contribution in [-0.4, -0.2) is 59.6 Å². The minimum Gasteiger partial charge on any atom is -0.392 e. The van der Waals surface area contributed by atoms with E-state index in [4.69, 9.17) is 9.47 Å². The molecule has 0 spiro atoms. The standard InChI is InChI=1S/C43H40F5N3O4/c44-37-36(38(45)40(47)41(48)39(37)46)42(53)49-23-29-8-4-9-31(20-29)32-10-5-11-33(21-32)43-54-34(22-35(55-43)30-14-12-28(26-52)13-15-30)25-51-18-16-50(17-19-51)24-27-6-2-1-3-7-27/h1-15,20-21,34-35,43,52H,16-19,22-26H2,(H,49,53)/t34-,35+,43+/m1/s1. The molecule has 2 saturated heterocycles. The molecule has 0 saturated carbocycles. The summed E-state index contributed by atoms with van der Waals surface area (Å²) in [6.07, 6.45) is -0.429. The summed E-state index contributed by atoms with van der Waals surface area (Å²) < 4.78 is 82.6. The molecule has 3 atom stereocenters. The number of amides is 1. The van der Waals surface area contributed by atoms with Crippen LogP contribution >= 0.6 is 0 Å². The number of nitrogens with zero attached hydrogens (tertiary/aromatic N) is 2. The third-order valence-corrected chi connectivity index (χ3v) is 10.1. The maximum atomic E-state index is 14.2. The fourth-order valence-electron chi connectivity index (χ4n) is 7.09. The fraction of sp³-hybridized carbons (Fsp3) is 0.279. The van der Waals surface area contributed by atoms with Crippen LogP contribution in [0.4, 0.5) is 22.0 Å². The molecule has 5 aromatic rings. The first-order valence-electron chi connectivity index (χ1n) is 18.1. The molecule has 2 aliphatic heterocycles. The molecule has 2 heterocycles. The number of benzene rings is 5. The van der Waals surface area contributed by atoms with Crippen LogP contribution in [0.25, 0.3) is 11.1 Å². The molecular formula is C43H40F5N3O4. The summed E-state index contributed by atoms with van der Waals surface area (Å²) in [4.78, 5) is 17.5. The second-order valence-corrected chi connectivity index (χ2v) is 13.9. The first-order valence-corrected chi connectivity index (χ1v) is 18.1. The molecule has 2 aliphatic rings. The van der Waals surface area contributed by atoms with E-state index in [0.717, 1.165) is 67.1 Å². The largest absolute Gasteiger partial charge is 0.392 e. The molecular weight excluding hydrogens is 717 g/mol. The second-order valence-electron chi connectivity index (χ2n) is 13.9. The second kappa shape index (κ2) is 17.2. The van der Waals surface area contributed by atoms with Gasteiger partial charge in [-0.25, -0.2) is 22.0 Å². The van der Waals surface area contributed by atoms with Gasteiger partial charge in [0.1, 0.15) is 5.56 Å². The van der Waals surface area contributed by atoms with Crippen molar-refractivity contribution >= 4 is 5.91 Å². The minimum atomic E-state index is -2.33. The highest BCUT2D eigenvalue weighted by atomic mass is 19.2. The number of hydrogen-bond acceptors (Lipinski definition) is 6. The normalized spacial score (nSPS) is 19.3. The van der Waals surface area contributed by atoms with E-state index < -0.39 is 46.8 Å².